The topological polar surface area (TPSA) is 56.1 Å². The first-order valence-corrected chi connectivity index (χ1v) is 10.7. The van der Waals surface area contributed by atoms with Crippen molar-refractivity contribution in [1.82, 2.24) is 15.1 Å². The molecule has 0 bridgehead atoms. The summed E-state index contributed by atoms with van der Waals surface area (Å²) in [7, 11) is 0. The maximum atomic E-state index is 13.8. The molecule has 0 saturated carbocycles. The lowest BCUT2D eigenvalue weighted by Crippen LogP contribution is -2.27. The third-order valence-electron chi connectivity index (χ3n) is 4.81. The fourth-order valence-electron chi connectivity index (χ4n) is 3.30. The van der Waals surface area contributed by atoms with Crippen molar-refractivity contribution < 1.29 is 22.7 Å². The molecule has 4 rings (SSSR count). The van der Waals surface area contributed by atoms with Gasteiger partial charge in [-0.1, -0.05) is 71.7 Å². The number of alkyl halides is 3. The van der Waals surface area contributed by atoms with Crippen molar-refractivity contribution in [3.8, 4) is 22.6 Å². The minimum absolute atomic E-state index is 0.00713. The Morgan fingerprint density at radius 2 is 1.71 bits per heavy atom. The lowest BCUT2D eigenvalue weighted by molar-refractivity contribution is -0.143. The van der Waals surface area contributed by atoms with Gasteiger partial charge in [-0.05, 0) is 41.0 Å². The molecule has 4 aromatic rings. The summed E-state index contributed by atoms with van der Waals surface area (Å²) in [5, 5.41) is 6.34. The molecule has 10 heteroatoms. The van der Waals surface area contributed by atoms with Crippen LogP contribution in [0.15, 0.2) is 79.0 Å². The van der Waals surface area contributed by atoms with Gasteiger partial charge in [0.1, 0.15) is 0 Å². The van der Waals surface area contributed by atoms with Crippen LogP contribution in [0.5, 0.6) is 5.75 Å². The Hall–Kier alpha value is -3.49. The van der Waals surface area contributed by atoms with Gasteiger partial charge in [0.25, 0.3) is 0 Å². The maximum Gasteiger partial charge on any atom is 0.437 e. The molecule has 1 heterocycles. The number of amides is 1. The van der Waals surface area contributed by atoms with Crippen LogP contribution in [-0.2, 0) is 12.7 Å². The van der Waals surface area contributed by atoms with Crippen molar-refractivity contribution in [2.24, 2.45) is 0 Å². The minimum Gasteiger partial charge on any atom is -0.406 e. The number of halogens is 5. The third kappa shape index (κ3) is 5.35. The highest BCUT2D eigenvalue weighted by Crippen LogP contribution is 2.39. The van der Waals surface area contributed by atoms with E-state index in [1.807, 2.05) is 48.5 Å². The summed E-state index contributed by atoms with van der Waals surface area (Å²) in [6.45, 7) is 0.0507. The summed E-state index contributed by atoms with van der Waals surface area (Å²) < 4.78 is 46.9. The number of nitrogens with one attached hydrogen (secondary N) is 1. The number of nitrogens with zero attached hydrogens (tertiary/aromatic N) is 2. The predicted molar refractivity (Wildman–Crippen MR) is 123 cm³/mol. The Morgan fingerprint density at radius 1 is 0.971 bits per heavy atom. The van der Waals surface area contributed by atoms with Gasteiger partial charge < -0.3 is 10.1 Å². The number of carbonyl (C=O) groups excluding carboxylic acids is 1. The Labute approximate surface area is 202 Å². The molecular weight excluding hydrogens is 490 g/mol. The smallest absolute Gasteiger partial charge is 0.406 e. The Bertz CT molecular complexity index is 1320. The van der Waals surface area contributed by atoms with Crippen LogP contribution in [0.2, 0.25) is 10.0 Å². The zero-order valence-corrected chi connectivity index (χ0v) is 18.8. The molecule has 0 unspecified atom stereocenters. The van der Waals surface area contributed by atoms with Crippen molar-refractivity contribution >= 4 is 29.3 Å². The molecule has 0 radical (unpaired) electrons. The van der Waals surface area contributed by atoms with Crippen LogP contribution in [-0.4, -0.2) is 15.9 Å². The minimum atomic E-state index is -4.89. The van der Waals surface area contributed by atoms with Gasteiger partial charge in [-0.3, -0.25) is 0 Å². The molecule has 1 aromatic heterocycles. The van der Waals surface area contributed by atoms with Gasteiger partial charge in [0, 0.05) is 11.6 Å². The van der Waals surface area contributed by atoms with Gasteiger partial charge >= 0.3 is 12.3 Å². The normalized spacial score (nSPS) is 11.3. The highest BCUT2D eigenvalue weighted by atomic mass is 35.5. The van der Waals surface area contributed by atoms with Crippen LogP contribution >= 0.6 is 23.2 Å². The highest BCUT2D eigenvalue weighted by Gasteiger charge is 2.41. The van der Waals surface area contributed by atoms with Crippen LogP contribution in [0, 0.1) is 0 Å². The second-order valence-electron chi connectivity index (χ2n) is 7.17. The quantitative estimate of drug-likeness (QED) is 0.313. The van der Waals surface area contributed by atoms with Crippen LogP contribution in [0.25, 0.3) is 16.8 Å². The Kier molecular flexibility index (Phi) is 6.81. The summed E-state index contributed by atoms with van der Waals surface area (Å²) in [4.78, 5) is 12.3. The number of hydrogen-bond acceptors (Lipinski definition) is 3. The fraction of sp³-hybridized carbons (Fsp3) is 0.0833. The second kappa shape index (κ2) is 9.79. The van der Waals surface area contributed by atoms with E-state index in [0.29, 0.717) is 4.68 Å². The number of ether oxygens (including phenoxy) is 1. The van der Waals surface area contributed by atoms with Crippen LogP contribution in [0.4, 0.5) is 18.0 Å². The molecule has 0 atom stereocenters. The molecule has 1 amide bonds. The van der Waals surface area contributed by atoms with Gasteiger partial charge in [-0.15, -0.1) is 0 Å². The maximum absolute atomic E-state index is 13.8. The Balaban J connectivity index is 1.52. The molecule has 0 aliphatic heterocycles. The van der Waals surface area contributed by atoms with Crippen molar-refractivity contribution in [2.75, 3.05) is 0 Å². The molecule has 5 nitrogen and oxygen atoms in total. The largest absolute Gasteiger partial charge is 0.437 e. The van der Waals surface area contributed by atoms with Crippen molar-refractivity contribution in [3.63, 3.8) is 0 Å². The van der Waals surface area contributed by atoms with E-state index in [1.165, 1.54) is 18.2 Å². The van der Waals surface area contributed by atoms with Gasteiger partial charge in [0.2, 0.25) is 0 Å². The summed E-state index contributed by atoms with van der Waals surface area (Å²) in [6.07, 6.45) is -5.15. The zero-order chi connectivity index (χ0) is 24.3. The lowest BCUT2D eigenvalue weighted by atomic mass is 10.0. The van der Waals surface area contributed by atoms with Gasteiger partial charge in [-0.25, -0.2) is 9.48 Å². The number of hydrogen-bond donors (Lipinski definition) is 1. The van der Waals surface area contributed by atoms with Crippen molar-refractivity contribution in [1.29, 1.82) is 0 Å². The zero-order valence-electron chi connectivity index (χ0n) is 17.3. The molecule has 0 aliphatic carbocycles. The fourth-order valence-corrected chi connectivity index (χ4v) is 3.66. The van der Waals surface area contributed by atoms with E-state index in [1.54, 1.807) is 6.07 Å². The average molecular weight is 506 g/mol. The first kappa shape index (κ1) is 23.7. The molecule has 3 aromatic carbocycles. The summed E-state index contributed by atoms with van der Waals surface area (Å²) in [5.41, 5.74) is 1.28. The lowest BCUT2D eigenvalue weighted by Gasteiger charge is -2.14. The molecule has 0 aliphatic rings. The van der Waals surface area contributed by atoms with E-state index < -0.39 is 23.7 Å². The summed E-state index contributed by atoms with van der Waals surface area (Å²) in [5.74, 6) is -0.765. The van der Waals surface area contributed by atoms with E-state index in [-0.39, 0.29) is 22.3 Å². The van der Waals surface area contributed by atoms with Crippen molar-refractivity contribution in [3.05, 3.63) is 100 Å². The van der Waals surface area contributed by atoms with Gasteiger partial charge in [-0.2, -0.15) is 18.3 Å². The molecule has 1 N–H and O–H groups in total. The van der Waals surface area contributed by atoms with E-state index in [4.69, 9.17) is 27.9 Å². The van der Waals surface area contributed by atoms with E-state index in [9.17, 15) is 18.0 Å². The van der Waals surface area contributed by atoms with Crippen LogP contribution in [0.1, 0.15) is 11.3 Å². The summed E-state index contributed by atoms with van der Waals surface area (Å²) >= 11 is 11.9. The predicted octanol–water partition coefficient (Wildman–Crippen LogP) is 7.15. The molecular formula is C24H16Cl2F3N3O2. The average Bonchev–Trinajstić information content (AvgIpc) is 3.24. The number of benzene rings is 3. The SMILES string of the molecule is O=C(NCc1cccc(-c2ccccc2)c1)Oc1cnn(-c2cc(Cl)ccc2Cl)c1C(F)(F)F. The first-order valence-electron chi connectivity index (χ1n) is 9.93. The molecule has 0 saturated heterocycles. The molecule has 0 fully saturated rings. The highest BCUT2D eigenvalue weighted by molar-refractivity contribution is 6.34. The van der Waals surface area contributed by atoms with Crippen LogP contribution < -0.4 is 10.1 Å². The van der Waals surface area contributed by atoms with Gasteiger partial charge in [0.05, 0.1) is 16.9 Å². The molecule has 34 heavy (non-hydrogen) atoms. The van der Waals surface area contributed by atoms with Gasteiger partial charge in [0.15, 0.2) is 11.4 Å². The number of aromatic nitrogens is 2. The summed E-state index contributed by atoms with van der Waals surface area (Å²) in [6, 6.07) is 21.0. The second-order valence-corrected chi connectivity index (χ2v) is 8.02. The molecule has 174 valence electrons. The molecule has 0 spiro atoms. The van der Waals surface area contributed by atoms with E-state index in [2.05, 4.69) is 10.4 Å². The van der Waals surface area contributed by atoms with E-state index >= 15 is 0 Å². The van der Waals surface area contributed by atoms with Crippen LogP contribution in [0.3, 0.4) is 0 Å². The van der Waals surface area contributed by atoms with Crippen molar-refractivity contribution in [2.45, 2.75) is 12.7 Å². The third-order valence-corrected chi connectivity index (χ3v) is 5.37. The van der Waals surface area contributed by atoms with E-state index in [0.717, 1.165) is 22.9 Å². The number of carbonyl (C=O) groups is 1. The first-order chi connectivity index (χ1) is 16.2. The Morgan fingerprint density at radius 3 is 2.44 bits per heavy atom. The number of rotatable bonds is 5. The standard InChI is InChI=1S/C24H16Cl2F3N3O2/c25-18-9-10-19(26)20(12-18)32-22(24(27,28)29)21(14-31-32)34-23(33)30-13-15-5-4-8-17(11-15)16-6-2-1-3-7-16/h1-12,14H,13H2,(H,30,33). The monoisotopic (exact) mass is 505 g/mol.